The predicted molar refractivity (Wildman–Crippen MR) is 109 cm³/mol. The van der Waals surface area contributed by atoms with Gasteiger partial charge < -0.3 is 5.73 Å². The second kappa shape index (κ2) is 7.06. The van der Waals surface area contributed by atoms with Gasteiger partial charge in [-0.3, -0.25) is 14.9 Å². The van der Waals surface area contributed by atoms with Gasteiger partial charge in [0.15, 0.2) is 9.84 Å². The fourth-order valence-corrected chi connectivity index (χ4v) is 4.37. The number of nitro groups is 1. The van der Waals surface area contributed by atoms with Crippen LogP contribution in [0.2, 0.25) is 0 Å². The largest absolute Gasteiger partial charge is 0.369 e. The van der Waals surface area contributed by atoms with Crippen molar-refractivity contribution < 1.29 is 18.1 Å². The SMILES string of the molecule is CS(=O)(=O)c1ccc(-n2nc(CC(N)=O)c3c2-c2cc([N+](=O)[O-])ccc2CC3)cc1. The highest BCUT2D eigenvalue weighted by atomic mass is 32.2. The van der Waals surface area contributed by atoms with Gasteiger partial charge in [-0.2, -0.15) is 5.10 Å². The smallest absolute Gasteiger partial charge is 0.270 e. The summed E-state index contributed by atoms with van der Waals surface area (Å²) in [5, 5.41) is 15.9. The molecule has 1 aliphatic carbocycles. The van der Waals surface area contributed by atoms with Gasteiger partial charge in [0.25, 0.3) is 5.69 Å². The number of nitrogens with zero attached hydrogens (tertiary/aromatic N) is 3. The van der Waals surface area contributed by atoms with Gasteiger partial charge in [-0.05, 0) is 42.7 Å². The lowest BCUT2D eigenvalue weighted by Crippen LogP contribution is -2.15. The van der Waals surface area contributed by atoms with E-state index in [1.807, 2.05) is 0 Å². The van der Waals surface area contributed by atoms with E-state index in [2.05, 4.69) is 5.10 Å². The minimum absolute atomic E-state index is 0.0433. The summed E-state index contributed by atoms with van der Waals surface area (Å²) < 4.78 is 25.1. The Morgan fingerprint density at radius 3 is 2.50 bits per heavy atom. The molecule has 0 bridgehead atoms. The zero-order valence-corrected chi connectivity index (χ0v) is 16.8. The number of amides is 1. The average Bonchev–Trinajstić information content (AvgIpc) is 3.05. The summed E-state index contributed by atoms with van der Waals surface area (Å²) in [6.45, 7) is 0. The Hall–Kier alpha value is -3.53. The molecule has 0 atom stereocenters. The standard InChI is InChI=1S/C20H18N4O5S/c1-30(28,29)15-7-5-13(6-8-15)23-20-16(18(22-23)11-19(21)25)9-3-12-2-4-14(24(26)27)10-17(12)20/h2,4-8,10H,3,9,11H2,1H3,(H2,21,25). The zero-order chi connectivity index (χ0) is 21.6. The molecule has 0 spiro atoms. The van der Waals surface area contributed by atoms with Gasteiger partial charge in [-0.25, -0.2) is 13.1 Å². The van der Waals surface area contributed by atoms with E-state index in [1.54, 1.807) is 22.9 Å². The maximum Gasteiger partial charge on any atom is 0.270 e. The highest BCUT2D eigenvalue weighted by molar-refractivity contribution is 7.90. The molecule has 0 unspecified atom stereocenters. The van der Waals surface area contributed by atoms with Gasteiger partial charge in [0, 0.05) is 29.5 Å². The summed E-state index contributed by atoms with van der Waals surface area (Å²) in [7, 11) is -3.36. The van der Waals surface area contributed by atoms with Gasteiger partial charge in [-0.1, -0.05) is 6.07 Å². The number of nitro benzene ring substituents is 1. The number of nitrogens with two attached hydrogens (primary N) is 1. The highest BCUT2D eigenvalue weighted by Crippen LogP contribution is 2.39. The van der Waals surface area contributed by atoms with E-state index >= 15 is 0 Å². The lowest BCUT2D eigenvalue weighted by molar-refractivity contribution is -0.384. The number of fused-ring (bicyclic) bond motifs is 3. The number of sulfone groups is 1. The summed E-state index contributed by atoms with van der Waals surface area (Å²) in [5.74, 6) is -0.528. The average molecular weight is 426 g/mol. The van der Waals surface area contributed by atoms with Crippen molar-refractivity contribution in [3.8, 4) is 16.9 Å². The summed E-state index contributed by atoms with van der Waals surface area (Å²) in [6.07, 6.45) is 2.34. The van der Waals surface area contributed by atoms with Gasteiger partial charge in [0.2, 0.25) is 5.91 Å². The molecule has 154 valence electrons. The molecule has 30 heavy (non-hydrogen) atoms. The van der Waals surface area contributed by atoms with Crippen molar-refractivity contribution in [2.75, 3.05) is 6.26 Å². The molecule has 1 heterocycles. The van der Waals surface area contributed by atoms with Crippen molar-refractivity contribution in [3.05, 3.63) is 69.4 Å². The summed E-state index contributed by atoms with van der Waals surface area (Å²) >= 11 is 0. The van der Waals surface area contributed by atoms with Crippen LogP contribution in [0.1, 0.15) is 16.8 Å². The van der Waals surface area contributed by atoms with Crippen LogP contribution in [-0.2, 0) is 33.9 Å². The van der Waals surface area contributed by atoms with Crippen LogP contribution < -0.4 is 5.73 Å². The van der Waals surface area contributed by atoms with Crippen LogP contribution in [0.15, 0.2) is 47.4 Å². The number of rotatable bonds is 5. The number of primary amides is 1. The van der Waals surface area contributed by atoms with E-state index in [9.17, 15) is 23.3 Å². The number of aromatic nitrogens is 2. The van der Waals surface area contributed by atoms with Crippen LogP contribution >= 0.6 is 0 Å². The van der Waals surface area contributed by atoms with Gasteiger partial charge in [0.1, 0.15) is 0 Å². The van der Waals surface area contributed by atoms with Crippen LogP contribution in [0, 0.1) is 10.1 Å². The molecule has 1 aromatic heterocycles. The van der Waals surface area contributed by atoms with Crippen molar-refractivity contribution in [2.24, 2.45) is 5.73 Å². The molecule has 0 radical (unpaired) electrons. The van der Waals surface area contributed by atoms with E-state index < -0.39 is 20.7 Å². The lowest BCUT2D eigenvalue weighted by Gasteiger charge is -2.19. The number of hydrogen-bond acceptors (Lipinski definition) is 6. The third-order valence-electron chi connectivity index (χ3n) is 5.12. The van der Waals surface area contributed by atoms with Gasteiger partial charge in [0.05, 0.1) is 33.3 Å². The Bertz CT molecular complexity index is 1290. The Morgan fingerprint density at radius 2 is 1.90 bits per heavy atom. The fourth-order valence-electron chi connectivity index (χ4n) is 3.74. The minimum atomic E-state index is -3.36. The molecule has 2 aromatic carbocycles. The number of benzene rings is 2. The second-order valence-electron chi connectivity index (χ2n) is 7.19. The molecule has 1 amide bonds. The van der Waals surface area contributed by atoms with Crippen molar-refractivity contribution in [1.82, 2.24) is 9.78 Å². The molecule has 0 fully saturated rings. The van der Waals surface area contributed by atoms with Gasteiger partial charge in [-0.15, -0.1) is 0 Å². The third kappa shape index (κ3) is 3.45. The normalized spacial score (nSPS) is 12.8. The Labute approximate surface area is 172 Å². The quantitative estimate of drug-likeness (QED) is 0.489. The van der Waals surface area contributed by atoms with E-state index in [0.29, 0.717) is 35.5 Å². The van der Waals surface area contributed by atoms with Crippen LogP contribution in [0.5, 0.6) is 0 Å². The number of hydrogen-bond donors (Lipinski definition) is 1. The van der Waals surface area contributed by atoms with E-state index in [-0.39, 0.29) is 17.0 Å². The minimum Gasteiger partial charge on any atom is -0.369 e. The summed E-state index contributed by atoms with van der Waals surface area (Å²) in [5.41, 5.74) is 9.51. The van der Waals surface area contributed by atoms with E-state index in [4.69, 9.17) is 5.73 Å². The van der Waals surface area contributed by atoms with Crippen molar-refractivity contribution in [2.45, 2.75) is 24.2 Å². The van der Waals surface area contributed by atoms with Crippen LogP contribution in [-0.4, -0.2) is 35.3 Å². The molecular formula is C20H18N4O5S. The molecule has 1 aliphatic rings. The first-order chi connectivity index (χ1) is 14.1. The van der Waals surface area contributed by atoms with Crippen molar-refractivity contribution in [3.63, 3.8) is 0 Å². The van der Waals surface area contributed by atoms with Crippen molar-refractivity contribution >= 4 is 21.4 Å². The van der Waals surface area contributed by atoms with E-state index in [0.717, 1.165) is 17.4 Å². The predicted octanol–water partition coefficient (Wildman–Crippen LogP) is 1.98. The molecule has 10 heteroatoms. The Kier molecular flexibility index (Phi) is 4.65. The topological polar surface area (TPSA) is 138 Å². The third-order valence-corrected chi connectivity index (χ3v) is 6.25. The number of carbonyl (C=O) groups is 1. The Balaban J connectivity index is 1.94. The Morgan fingerprint density at radius 1 is 1.20 bits per heavy atom. The molecule has 4 rings (SSSR count). The highest BCUT2D eigenvalue weighted by Gasteiger charge is 2.28. The molecule has 9 nitrogen and oxygen atoms in total. The van der Waals surface area contributed by atoms with Crippen LogP contribution in [0.3, 0.4) is 0 Å². The maximum atomic E-state index is 11.8. The monoisotopic (exact) mass is 426 g/mol. The molecular weight excluding hydrogens is 408 g/mol. The zero-order valence-electron chi connectivity index (χ0n) is 16.0. The number of carbonyl (C=O) groups excluding carboxylic acids is 1. The number of non-ortho nitro benzene ring substituents is 1. The maximum absolute atomic E-state index is 11.8. The lowest BCUT2D eigenvalue weighted by atomic mass is 9.88. The fraction of sp³-hybridized carbons (Fsp3) is 0.200. The molecule has 2 N–H and O–H groups in total. The van der Waals surface area contributed by atoms with Crippen LogP contribution in [0.4, 0.5) is 5.69 Å². The first-order valence-electron chi connectivity index (χ1n) is 9.12. The molecule has 0 saturated heterocycles. The number of aryl methyl sites for hydroxylation is 1. The molecule has 0 saturated carbocycles. The first-order valence-corrected chi connectivity index (χ1v) is 11.0. The molecule has 0 aliphatic heterocycles. The van der Waals surface area contributed by atoms with Crippen LogP contribution in [0.25, 0.3) is 16.9 Å². The van der Waals surface area contributed by atoms with Gasteiger partial charge >= 0.3 is 0 Å². The second-order valence-corrected chi connectivity index (χ2v) is 9.21. The summed E-state index contributed by atoms with van der Waals surface area (Å²) in [6, 6.07) is 10.9. The molecule has 3 aromatic rings. The summed E-state index contributed by atoms with van der Waals surface area (Å²) in [4.78, 5) is 22.6. The van der Waals surface area contributed by atoms with E-state index in [1.165, 1.54) is 24.3 Å². The first kappa shape index (κ1) is 19.8. The van der Waals surface area contributed by atoms with Crippen molar-refractivity contribution in [1.29, 1.82) is 0 Å².